The van der Waals surface area contributed by atoms with Gasteiger partial charge < -0.3 is 5.73 Å². The van der Waals surface area contributed by atoms with Crippen molar-refractivity contribution < 1.29 is 4.39 Å². The summed E-state index contributed by atoms with van der Waals surface area (Å²) < 4.78 is 15.0. The Morgan fingerprint density at radius 1 is 1.39 bits per heavy atom. The van der Waals surface area contributed by atoms with Gasteiger partial charge in [0.2, 0.25) is 0 Å². The van der Waals surface area contributed by atoms with Gasteiger partial charge in [0, 0.05) is 12.6 Å². The molecule has 3 nitrogen and oxygen atoms in total. The molecule has 1 aromatic heterocycles. The lowest BCUT2D eigenvalue weighted by molar-refractivity contribution is 0.628. The lowest BCUT2D eigenvalue weighted by atomic mass is 10.0. The van der Waals surface area contributed by atoms with E-state index in [0.717, 1.165) is 36.1 Å². The maximum Gasteiger partial charge on any atom is 0.129 e. The highest BCUT2D eigenvalue weighted by atomic mass is 19.1. The molecule has 0 bridgehead atoms. The average Bonchev–Trinajstić information content (AvgIpc) is 2.62. The summed E-state index contributed by atoms with van der Waals surface area (Å²) in [5.41, 5.74) is 8.65. The largest absolute Gasteiger partial charge is 0.383 e. The molecule has 96 valence electrons. The van der Waals surface area contributed by atoms with Crippen LogP contribution in [0.1, 0.15) is 25.5 Å². The summed E-state index contributed by atoms with van der Waals surface area (Å²) in [6.45, 7) is 2.13. The van der Waals surface area contributed by atoms with Crippen molar-refractivity contribution in [3.8, 4) is 11.1 Å². The molecule has 0 atom stereocenters. The van der Waals surface area contributed by atoms with Crippen molar-refractivity contribution in [3.05, 3.63) is 35.8 Å². The van der Waals surface area contributed by atoms with Crippen LogP contribution in [-0.2, 0) is 13.5 Å². The molecule has 0 saturated carbocycles. The number of anilines is 1. The van der Waals surface area contributed by atoms with Gasteiger partial charge in [0.05, 0.1) is 5.69 Å². The minimum absolute atomic E-state index is 0.253. The molecule has 4 heteroatoms. The van der Waals surface area contributed by atoms with E-state index in [0.29, 0.717) is 5.82 Å². The monoisotopic (exact) mass is 247 g/mol. The highest BCUT2D eigenvalue weighted by Crippen LogP contribution is 2.30. The van der Waals surface area contributed by atoms with E-state index >= 15 is 0 Å². The molecular formula is C14H18FN3. The number of nitrogen functional groups attached to an aromatic ring is 1. The first-order valence-corrected chi connectivity index (χ1v) is 6.20. The van der Waals surface area contributed by atoms with E-state index in [1.165, 1.54) is 12.1 Å². The summed E-state index contributed by atoms with van der Waals surface area (Å²) >= 11 is 0. The Morgan fingerprint density at radius 3 is 2.83 bits per heavy atom. The third-order valence-corrected chi connectivity index (χ3v) is 3.04. The fraction of sp³-hybridized carbons (Fsp3) is 0.357. The van der Waals surface area contributed by atoms with Crippen LogP contribution < -0.4 is 5.73 Å². The Kier molecular flexibility index (Phi) is 3.65. The van der Waals surface area contributed by atoms with Crippen LogP contribution >= 0.6 is 0 Å². The lowest BCUT2D eigenvalue weighted by Gasteiger charge is -2.04. The Bertz CT molecular complexity index is 546. The Morgan fingerprint density at radius 2 is 2.17 bits per heavy atom. The molecule has 1 heterocycles. The third kappa shape index (κ3) is 2.37. The number of aryl methyl sites for hydroxylation is 2. The summed E-state index contributed by atoms with van der Waals surface area (Å²) in [5.74, 6) is 0.337. The van der Waals surface area contributed by atoms with Crippen LogP contribution in [-0.4, -0.2) is 9.78 Å². The molecule has 18 heavy (non-hydrogen) atoms. The lowest BCUT2D eigenvalue weighted by Crippen LogP contribution is -1.98. The summed E-state index contributed by atoms with van der Waals surface area (Å²) in [6, 6.07) is 6.50. The second-order valence-electron chi connectivity index (χ2n) is 4.44. The zero-order valence-corrected chi connectivity index (χ0v) is 10.8. The molecule has 0 aliphatic heterocycles. The van der Waals surface area contributed by atoms with E-state index in [1.54, 1.807) is 10.7 Å². The van der Waals surface area contributed by atoms with Crippen molar-refractivity contribution in [1.82, 2.24) is 9.78 Å². The fourth-order valence-electron chi connectivity index (χ4n) is 2.07. The first-order valence-electron chi connectivity index (χ1n) is 6.20. The van der Waals surface area contributed by atoms with Crippen LogP contribution in [0.25, 0.3) is 11.1 Å². The number of unbranched alkanes of at least 4 members (excludes halogenated alkanes) is 1. The van der Waals surface area contributed by atoms with Gasteiger partial charge in [-0.25, -0.2) is 4.39 Å². The van der Waals surface area contributed by atoms with Crippen LogP contribution in [0.2, 0.25) is 0 Å². The highest BCUT2D eigenvalue weighted by molar-refractivity contribution is 5.76. The number of hydrogen-bond acceptors (Lipinski definition) is 2. The Labute approximate surface area is 106 Å². The SMILES string of the molecule is CCCCc1nn(C)c(N)c1-c1cccc(F)c1. The molecule has 2 aromatic rings. The van der Waals surface area contributed by atoms with E-state index in [1.807, 2.05) is 13.1 Å². The summed E-state index contributed by atoms with van der Waals surface area (Å²) in [7, 11) is 1.81. The Balaban J connectivity index is 2.48. The molecular weight excluding hydrogens is 229 g/mol. The molecule has 0 amide bonds. The van der Waals surface area contributed by atoms with Gasteiger partial charge in [-0.05, 0) is 30.5 Å². The minimum atomic E-state index is -0.253. The zero-order chi connectivity index (χ0) is 13.1. The standard InChI is InChI=1S/C14H18FN3/c1-3-4-8-12-13(14(16)18(2)17-12)10-6-5-7-11(15)9-10/h5-7,9H,3-4,8,16H2,1-2H3. The van der Waals surface area contributed by atoms with E-state index in [9.17, 15) is 4.39 Å². The van der Waals surface area contributed by atoms with Gasteiger partial charge in [0.15, 0.2) is 0 Å². The van der Waals surface area contributed by atoms with E-state index in [-0.39, 0.29) is 5.82 Å². The predicted molar refractivity (Wildman–Crippen MR) is 71.6 cm³/mol. The number of aromatic nitrogens is 2. The molecule has 0 unspecified atom stereocenters. The molecule has 0 saturated heterocycles. The summed E-state index contributed by atoms with van der Waals surface area (Å²) in [6.07, 6.45) is 3.02. The number of rotatable bonds is 4. The second kappa shape index (κ2) is 5.21. The molecule has 2 rings (SSSR count). The smallest absolute Gasteiger partial charge is 0.129 e. The normalized spacial score (nSPS) is 10.8. The van der Waals surface area contributed by atoms with Crippen molar-refractivity contribution in [3.63, 3.8) is 0 Å². The van der Waals surface area contributed by atoms with Gasteiger partial charge in [-0.15, -0.1) is 0 Å². The first-order chi connectivity index (χ1) is 8.63. The average molecular weight is 247 g/mol. The van der Waals surface area contributed by atoms with E-state index in [4.69, 9.17) is 5.73 Å². The van der Waals surface area contributed by atoms with Gasteiger partial charge in [-0.1, -0.05) is 25.5 Å². The zero-order valence-electron chi connectivity index (χ0n) is 10.8. The van der Waals surface area contributed by atoms with Crippen molar-refractivity contribution in [2.24, 2.45) is 7.05 Å². The van der Waals surface area contributed by atoms with E-state index in [2.05, 4.69) is 12.0 Å². The fourth-order valence-corrected chi connectivity index (χ4v) is 2.07. The second-order valence-corrected chi connectivity index (χ2v) is 4.44. The van der Waals surface area contributed by atoms with Gasteiger partial charge in [0.1, 0.15) is 11.6 Å². The molecule has 0 aliphatic carbocycles. The van der Waals surface area contributed by atoms with Crippen LogP contribution in [0.5, 0.6) is 0 Å². The van der Waals surface area contributed by atoms with Crippen LogP contribution in [0.4, 0.5) is 10.2 Å². The first kappa shape index (κ1) is 12.6. The van der Waals surface area contributed by atoms with Crippen LogP contribution in [0.3, 0.4) is 0 Å². The molecule has 0 radical (unpaired) electrons. The molecule has 0 spiro atoms. The van der Waals surface area contributed by atoms with Gasteiger partial charge >= 0.3 is 0 Å². The minimum Gasteiger partial charge on any atom is -0.383 e. The van der Waals surface area contributed by atoms with Crippen molar-refractivity contribution in [2.75, 3.05) is 5.73 Å². The summed E-state index contributed by atoms with van der Waals surface area (Å²) in [5, 5.41) is 4.42. The van der Waals surface area contributed by atoms with Crippen LogP contribution in [0, 0.1) is 5.82 Å². The maximum absolute atomic E-state index is 13.3. The van der Waals surface area contributed by atoms with Gasteiger partial charge in [-0.2, -0.15) is 5.10 Å². The van der Waals surface area contributed by atoms with Crippen molar-refractivity contribution in [1.29, 1.82) is 0 Å². The number of hydrogen-bond donors (Lipinski definition) is 1. The maximum atomic E-state index is 13.3. The van der Waals surface area contributed by atoms with Crippen molar-refractivity contribution >= 4 is 5.82 Å². The highest BCUT2D eigenvalue weighted by Gasteiger charge is 2.15. The topological polar surface area (TPSA) is 43.8 Å². The molecule has 2 N–H and O–H groups in total. The third-order valence-electron chi connectivity index (χ3n) is 3.04. The van der Waals surface area contributed by atoms with Crippen LogP contribution in [0.15, 0.2) is 24.3 Å². The number of nitrogens with two attached hydrogens (primary N) is 1. The van der Waals surface area contributed by atoms with E-state index < -0.39 is 0 Å². The quantitative estimate of drug-likeness (QED) is 0.902. The van der Waals surface area contributed by atoms with Gasteiger partial charge in [0.25, 0.3) is 0 Å². The van der Waals surface area contributed by atoms with Crippen molar-refractivity contribution in [2.45, 2.75) is 26.2 Å². The molecule has 0 fully saturated rings. The molecule has 1 aromatic carbocycles. The number of halogens is 1. The molecule has 0 aliphatic rings. The number of nitrogens with zero attached hydrogens (tertiary/aromatic N) is 2. The summed E-state index contributed by atoms with van der Waals surface area (Å²) in [4.78, 5) is 0. The Hall–Kier alpha value is -1.84. The number of benzene rings is 1. The predicted octanol–water partition coefficient (Wildman–Crippen LogP) is 3.15. The van der Waals surface area contributed by atoms with Gasteiger partial charge in [-0.3, -0.25) is 4.68 Å².